The quantitative estimate of drug-likeness (QED) is 0.937. The van der Waals surface area contributed by atoms with Gasteiger partial charge in [0.25, 0.3) is 0 Å². The van der Waals surface area contributed by atoms with Crippen LogP contribution in [-0.4, -0.2) is 24.6 Å². The van der Waals surface area contributed by atoms with E-state index in [4.69, 9.17) is 9.47 Å². The van der Waals surface area contributed by atoms with Gasteiger partial charge in [0.05, 0.1) is 13.0 Å². The molecule has 2 aromatic rings. The Morgan fingerprint density at radius 3 is 3.00 bits per heavy atom. The second-order valence-corrected chi connectivity index (χ2v) is 5.25. The zero-order valence-electron chi connectivity index (χ0n) is 12.4. The Morgan fingerprint density at radius 2 is 2.23 bits per heavy atom. The highest BCUT2D eigenvalue weighted by Crippen LogP contribution is 2.26. The fourth-order valence-electron chi connectivity index (χ4n) is 2.47. The molecule has 5 nitrogen and oxygen atoms in total. The molecule has 0 bridgehead atoms. The van der Waals surface area contributed by atoms with Gasteiger partial charge < -0.3 is 14.8 Å². The molecule has 0 saturated heterocycles. The van der Waals surface area contributed by atoms with E-state index in [0.29, 0.717) is 25.5 Å². The monoisotopic (exact) mass is 298 g/mol. The Labute approximate surface area is 129 Å². The normalized spacial score (nSPS) is 16.3. The first-order valence-corrected chi connectivity index (χ1v) is 7.23. The molecule has 1 aliphatic heterocycles. The summed E-state index contributed by atoms with van der Waals surface area (Å²) in [7, 11) is 1.57. The first-order valence-electron chi connectivity index (χ1n) is 7.23. The number of carbonyl (C=O) groups is 1. The highest BCUT2D eigenvalue weighted by atomic mass is 16.5. The number of para-hydroxylation sites is 1. The minimum absolute atomic E-state index is 0.00493. The molecular weight excluding hydrogens is 280 g/mol. The van der Waals surface area contributed by atoms with Gasteiger partial charge in [0.1, 0.15) is 12.4 Å². The molecule has 1 atom stereocenters. The first-order chi connectivity index (χ1) is 10.8. The Kier molecular flexibility index (Phi) is 4.23. The SMILES string of the molecule is COc1ccc(CNC(=O)C2COc3ccccc3C2)cn1. The average Bonchev–Trinajstić information content (AvgIpc) is 2.59. The molecule has 2 heterocycles. The third kappa shape index (κ3) is 3.19. The van der Waals surface area contributed by atoms with Crippen LogP contribution in [-0.2, 0) is 17.8 Å². The lowest BCUT2D eigenvalue weighted by molar-refractivity contribution is -0.126. The third-order valence-electron chi connectivity index (χ3n) is 3.72. The molecule has 1 aromatic heterocycles. The van der Waals surface area contributed by atoms with Crippen molar-refractivity contribution < 1.29 is 14.3 Å². The number of methoxy groups -OCH3 is 1. The number of pyridine rings is 1. The average molecular weight is 298 g/mol. The molecule has 1 aromatic carbocycles. The van der Waals surface area contributed by atoms with Gasteiger partial charge in [-0.2, -0.15) is 0 Å². The molecule has 0 saturated carbocycles. The topological polar surface area (TPSA) is 60.5 Å². The molecule has 0 aliphatic carbocycles. The Hall–Kier alpha value is -2.56. The number of carbonyl (C=O) groups excluding carboxylic acids is 1. The highest BCUT2D eigenvalue weighted by Gasteiger charge is 2.25. The van der Waals surface area contributed by atoms with E-state index in [1.54, 1.807) is 19.4 Å². The summed E-state index contributed by atoms with van der Waals surface area (Å²) in [4.78, 5) is 16.4. The summed E-state index contributed by atoms with van der Waals surface area (Å²) in [6.07, 6.45) is 2.41. The van der Waals surface area contributed by atoms with Gasteiger partial charge in [0, 0.05) is 18.8 Å². The van der Waals surface area contributed by atoms with Gasteiger partial charge in [-0.15, -0.1) is 0 Å². The van der Waals surface area contributed by atoms with Crippen LogP contribution in [0.2, 0.25) is 0 Å². The molecule has 5 heteroatoms. The van der Waals surface area contributed by atoms with Gasteiger partial charge >= 0.3 is 0 Å². The second kappa shape index (κ2) is 6.47. The second-order valence-electron chi connectivity index (χ2n) is 5.25. The van der Waals surface area contributed by atoms with Crippen LogP contribution in [0.15, 0.2) is 42.6 Å². The molecule has 114 valence electrons. The zero-order valence-corrected chi connectivity index (χ0v) is 12.4. The fourth-order valence-corrected chi connectivity index (χ4v) is 2.47. The number of fused-ring (bicyclic) bond motifs is 1. The summed E-state index contributed by atoms with van der Waals surface area (Å²) in [5, 5.41) is 2.94. The summed E-state index contributed by atoms with van der Waals surface area (Å²) in [6, 6.07) is 11.5. The van der Waals surface area contributed by atoms with Gasteiger partial charge in [-0.3, -0.25) is 4.79 Å². The van der Waals surface area contributed by atoms with Crippen molar-refractivity contribution in [2.75, 3.05) is 13.7 Å². The van der Waals surface area contributed by atoms with Gasteiger partial charge in [-0.25, -0.2) is 4.98 Å². The van der Waals surface area contributed by atoms with E-state index < -0.39 is 0 Å². The van der Waals surface area contributed by atoms with E-state index in [0.717, 1.165) is 16.9 Å². The predicted molar refractivity (Wildman–Crippen MR) is 81.8 cm³/mol. The lowest BCUT2D eigenvalue weighted by Crippen LogP contribution is -2.37. The number of hydrogen-bond donors (Lipinski definition) is 1. The van der Waals surface area contributed by atoms with Crippen molar-refractivity contribution >= 4 is 5.91 Å². The van der Waals surface area contributed by atoms with Crippen LogP contribution in [0.25, 0.3) is 0 Å². The summed E-state index contributed by atoms with van der Waals surface area (Å²) >= 11 is 0. The van der Waals surface area contributed by atoms with E-state index in [1.165, 1.54) is 0 Å². The maximum absolute atomic E-state index is 12.3. The summed E-state index contributed by atoms with van der Waals surface area (Å²) in [5.74, 6) is 1.30. The van der Waals surface area contributed by atoms with Gasteiger partial charge in [0.15, 0.2) is 0 Å². The summed E-state index contributed by atoms with van der Waals surface area (Å²) < 4.78 is 10.7. The van der Waals surface area contributed by atoms with Gasteiger partial charge in [0.2, 0.25) is 11.8 Å². The number of aromatic nitrogens is 1. The van der Waals surface area contributed by atoms with Crippen molar-refractivity contribution in [3.8, 4) is 11.6 Å². The van der Waals surface area contributed by atoms with E-state index in [9.17, 15) is 4.79 Å². The summed E-state index contributed by atoms with van der Waals surface area (Å²) in [6.45, 7) is 0.873. The number of benzene rings is 1. The molecule has 3 rings (SSSR count). The van der Waals surface area contributed by atoms with E-state index in [1.807, 2.05) is 30.3 Å². The van der Waals surface area contributed by atoms with Crippen molar-refractivity contribution in [3.63, 3.8) is 0 Å². The van der Waals surface area contributed by atoms with Crippen LogP contribution >= 0.6 is 0 Å². The number of ether oxygens (including phenoxy) is 2. The molecule has 22 heavy (non-hydrogen) atoms. The van der Waals surface area contributed by atoms with Crippen molar-refractivity contribution in [3.05, 3.63) is 53.7 Å². The number of amides is 1. The van der Waals surface area contributed by atoms with Crippen molar-refractivity contribution in [1.29, 1.82) is 0 Å². The number of rotatable bonds is 4. The number of hydrogen-bond acceptors (Lipinski definition) is 4. The highest BCUT2D eigenvalue weighted by molar-refractivity contribution is 5.79. The minimum atomic E-state index is -0.152. The molecule has 1 unspecified atom stereocenters. The maximum atomic E-state index is 12.3. The largest absolute Gasteiger partial charge is 0.492 e. The standard InChI is InChI=1S/C17H18N2O3/c1-21-16-7-6-12(9-18-16)10-19-17(20)14-8-13-4-2-3-5-15(13)22-11-14/h2-7,9,14H,8,10-11H2,1H3,(H,19,20). The lowest BCUT2D eigenvalue weighted by Gasteiger charge is -2.24. The third-order valence-corrected chi connectivity index (χ3v) is 3.72. The first kappa shape index (κ1) is 14.4. The van der Waals surface area contributed by atoms with Gasteiger partial charge in [-0.05, 0) is 23.6 Å². The minimum Gasteiger partial charge on any atom is -0.492 e. The van der Waals surface area contributed by atoms with E-state index in [-0.39, 0.29) is 11.8 Å². The zero-order chi connectivity index (χ0) is 15.4. The molecule has 0 fully saturated rings. The molecule has 1 amide bonds. The molecular formula is C17H18N2O3. The molecule has 0 radical (unpaired) electrons. The fraction of sp³-hybridized carbons (Fsp3) is 0.294. The smallest absolute Gasteiger partial charge is 0.227 e. The van der Waals surface area contributed by atoms with Crippen molar-refractivity contribution in [2.24, 2.45) is 5.92 Å². The van der Waals surface area contributed by atoms with Crippen LogP contribution < -0.4 is 14.8 Å². The van der Waals surface area contributed by atoms with E-state index >= 15 is 0 Å². The van der Waals surface area contributed by atoms with Crippen molar-refractivity contribution in [1.82, 2.24) is 10.3 Å². The number of nitrogens with zero attached hydrogens (tertiary/aromatic N) is 1. The Balaban J connectivity index is 1.56. The van der Waals surface area contributed by atoms with Crippen LogP contribution in [0, 0.1) is 5.92 Å². The Bertz CT molecular complexity index is 655. The summed E-state index contributed by atoms with van der Waals surface area (Å²) in [5.41, 5.74) is 2.02. The number of nitrogens with one attached hydrogen (secondary N) is 1. The molecule has 1 N–H and O–H groups in total. The molecule has 1 aliphatic rings. The van der Waals surface area contributed by atoms with Crippen LogP contribution in [0.5, 0.6) is 11.6 Å². The van der Waals surface area contributed by atoms with Crippen LogP contribution in [0.1, 0.15) is 11.1 Å². The lowest BCUT2D eigenvalue weighted by atomic mass is 9.96. The van der Waals surface area contributed by atoms with Crippen molar-refractivity contribution in [2.45, 2.75) is 13.0 Å². The van der Waals surface area contributed by atoms with Gasteiger partial charge in [-0.1, -0.05) is 24.3 Å². The van der Waals surface area contributed by atoms with E-state index in [2.05, 4.69) is 10.3 Å². The maximum Gasteiger partial charge on any atom is 0.227 e. The predicted octanol–water partition coefficient (Wildman–Crippen LogP) is 1.96. The van der Waals surface area contributed by atoms with Crippen LogP contribution in [0.3, 0.4) is 0 Å². The van der Waals surface area contributed by atoms with Crippen LogP contribution in [0.4, 0.5) is 0 Å². The molecule has 0 spiro atoms. The Morgan fingerprint density at radius 1 is 1.36 bits per heavy atom.